The SMILES string of the molecule is CCN(C(=O)[C@H](C)[NH+]1CC[NH+](CC(=O)Nc2cccc(F)c2)CC1)c1ccccc1. The summed E-state index contributed by atoms with van der Waals surface area (Å²) in [4.78, 5) is 29.6. The number of carbonyl (C=O) groups excluding carboxylic acids is 2. The molecule has 0 saturated carbocycles. The summed E-state index contributed by atoms with van der Waals surface area (Å²) in [6.45, 7) is 8.28. The molecule has 2 amide bonds. The van der Waals surface area contributed by atoms with E-state index in [-0.39, 0.29) is 23.7 Å². The first-order valence-electron chi connectivity index (χ1n) is 10.6. The van der Waals surface area contributed by atoms with Crippen LogP contribution in [0.15, 0.2) is 54.6 Å². The maximum Gasteiger partial charge on any atom is 0.284 e. The summed E-state index contributed by atoms with van der Waals surface area (Å²) in [5, 5.41) is 2.76. The number of nitrogens with one attached hydrogen (secondary N) is 3. The number of quaternary nitrogens is 2. The van der Waals surface area contributed by atoms with Crippen LogP contribution in [0.3, 0.4) is 0 Å². The summed E-state index contributed by atoms with van der Waals surface area (Å²) in [5.41, 5.74) is 1.40. The van der Waals surface area contributed by atoms with Gasteiger partial charge in [0.25, 0.3) is 11.8 Å². The van der Waals surface area contributed by atoms with Crippen molar-refractivity contribution in [3.8, 4) is 0 Å². The highest BCUT2D eigenvalue weighted by atomic mass is 19.1. The highest BCUT2D eigenvalue weighted by Crippen LogP contribution is 2.13. The Morgan fingerprint density at radius 1 is 1.07 bits per heavy atom. The number of likely N-dealkylation sites (N-methyl/N-ethyl adjacent to an activating group) is 1. The van der Waals surface area contributed by atoms with Crippen molar-refractivity contribution >= 4 is 23.2 Å². The number of piperazine rings is 1. The lowest BCUT2D eigenvalue weighted by atomic mass is 10.1. The highest BCUT2D eigenvalue weighted by Gasteiger charge is 2.34. The molecule has 3 N–H and O–H groups in total. The van der Waals surface area contributed by atoms with Crippen LogP contribution in [-0.2, 0) is 9.59 Å². The van der Waals surface area contributed by atoms with Crippen molar-refractivity contribution in [1.82, 2.24) is 0 Å². The van der Waals surface area contributed by atoms with E-state index in [4.69, 9.17) is 0 Å². The van der Waals surface area contributed by atoms with Crippen LogP contribution in [0.25, 0.3) is 0 Å². The Bertz CT molecular complexity index is 853. The molecule has 7 heteroatoms. The Balaban J connectivity index is 1.49. The van der Waals surface area contributed by atoms with Crippen LogP contribution in [0.1, 0.15) is 13.8 Å². The Kier molecular flexibility index (Phi) is 7.54. The highest BCUT2D eigenvalue weighted by molar-refractivity contribution is 5.96. The van der Waals surface area contributed by atoms with Crippen molar-refractivity contribution in [1.29, 1.82) is 0 Å². The number of benzene rings is 2. The Labute approximate surface area is 177 Å². The molecule has 0 aromatic heterocycles. The van der Waals surface area contributed by atoms with Crippen molar-refractivity contribution in [3.05, 3.63) is 60.4 Å². The zero-order valence-corrected chi connectivity index (χ0v) is 17.7. The lowest BCUT2D eigenvalue weighted by molar-refractivity contribution is -1.01. The summed E-state index contributed by atoms with van der Waals surface area (Å²) < 4.78 is 13.3. The first-order valence-corrected chi connectivity index (χ1v) is 10.6. The Morgan fingerprint density at radius 2 is 1.77 bits per heavy atom. The fourth-order valence-electron chi connectivity index (χ4n) is 4.01. The van der Waals surface area contributed by atoms with Crippen molar-refractivity contribution in [2.45, 2.75) is 19.9 Å². The van der Waals surface area contributed by atoms with Gasteiger partial charge in [-0.15, -0.1) is 0 Å². The van der Waals surface area contributed by atoms with E-state index in [1.807, 2.05) is 49.1 Å². The average Bonchev–Trinajstić information content (AvgIpc) is 2.75. The number of halogens is 1. The van der Waals surface area contributed by atoms with Gasteiger partial charge in [0.2, 0.25) is 0 Å². The maximum atomic E-state index is 13.3. The van der Waals surface area contributed by atoms with E-state index in [2.05, 4.69) is 5.32 Å². The van der Waals surface area contributed by atoms with Crippen molar-refractivity contribution < 1.29 is 23.8 Å². The summed E-state index contributed by atoms with van der Waals surface area (Å²) in [5.74, 6) is -0.358. The molecule has 3 rings (SSSR count). The fourth-order valence-corrected chi connectivity index (χ4v) is 4.01. The van der Waals surface area contributed by atoms with E-state index in [1.165, 1.54) is 21.9 Å². The topological polar surface area (TPSA) is 58.3 Å². The first-order chi connectivity index (χ1) is 14.5. The molecule has 30 heavy (non-hydrogen) atoms. The van der Waals surface area contributed by atoms with Crippen LogP contribution in [0.4, 0.5) is 15.8 Å². The van der Waals surface area contributed by atoms with Gasteiger partial charge < -0.3 is 20.0 Å². The normalized spacial score (nSPS) is 19.7. The third-order valence-corrected chi connectivity index (χ3v) is 5.75. The van der Waals surface area contributed by atoms with Gasteiger partial charge in [-0.2, -0.15) is 0 Å². The third kappa shape index (κ3) is 5.64. The number of carbonyl (C=O) groups is 2. The second-order valence-electron chi connectivity index (χ2n) is 7.78. The molecule has 0 spiro atoms. The van der Waals surface area contributed by atoms with E-state index in [9.17, 15) is 14.0 Å². The largest absolute Gasteiger partial charge is 0.321 e. The molecule has 1 atom stereocenters. The first kappa shape index (κ1) is 21.9. The molecule has 2 aromatic rings. The summed E-state index contributed by atoms with van der Waals surface area (Å²) in [6.07, 6.45) is 0. The number of rotatable bonds is 7. The van der Waals surface area contributed by atoms with Crippen LogP contribution in [0, 0.1) is 5.82 Å². The number of anilines is 2. The van der Waals surface area contributed by atoms with Crippen LogP contribution < -0.4 is 20.0 Å². The second-order valence-corrected chi connectivity index (χ2v) is 7.78. The lowest BCUT2D eigenvalue weighted by Gasteiger charge is -2.34. The zero-order valence-electron chi connectivity index (χ0n) is 17.7. The smallest absolute Gasteiger partial charge is 0.284 e. The van der Waals surface area contributed by atoms with Gasteiger partial charge in [-0.3, -0.25) is 9.59 Å². The van der Waals surface area contributed by atoms with Gasteiger partial charge in [0.1, 0.15) is 32.0 Å². The summed E-state index contributed by atoms with van der Waals surface area (Å²) >= 11 is 0. The third-order valence-electron chi connectivity index (χ3n) is 5.75. The number of hydrogen-bond acceptors (Lipinski definition) is 2. The molecular weight excluding hydrogens is 383 g/mol. The van der Waals surface area contributed by atoms with Gasteiger partial charge in [0, 0.05) is 17.9 Å². The molecule has 0 unspecified atom stereocenters. The van der Waals surface area contributed by atoms with Gasteiger partial charge in [0.05, 0.1) is 0 Å². The van der Waals surface area contributed by atoms with E-state index >= 15 is 0 Å². The standard InChI is InChI=1S/C23H29FN4O2/c1-3-28(21-10-5-4-6-11-21)23(30)18(2)27-14-12-26(13-15-27)17-22(29)25-20-9-7-8-19(24)16-20/h4-11,16,18H,3,12-15,17H2,1-2H3,(H,25,29)/p+2/t18-/m0/s1. The van der Waals surface area contributed by atoms with Crippen molar-refractivity contribution in [2.75, 3.05) is 49.5 Å². The van der Waals surface area contributed by atoms with Crippen LogP contribution in [0.5, 0.6) is 0 Å². The van der Waals surface area contributed by atoms with Gasteiger partial charge in [-0.1, -0.05) is 24.3 Å². The lowest BCUT2D eigenvalue weighted by Crippen LogP contribution is -3.30. The van der Waals surface area contributed by atoms with Gasteiger partial charge in [-0.25, -0.2) is 4.39 Å². The van der Waals surface area contributed by atoms with E-state index in [0.717, 1.165) is 31.9 Å². The molecule has 0 radical (unpaired) electrons. The predicted molar refractivity (Wildman–Crippen MR) is 115 cm³/mol. The van der Waals surface area contributed by atoms with Crippen molar-refractivity contribution in [3.63, 3.8) is 0 Å². The van der Waals surface area contributed by atoms with Crippen LogP contribution in [0.2, 0.25) is 0 Å². The molecule has 1 fully saturated rings. The molecule has 1 saturated heterocycles. The number of para-hydroxylation sites is 1. The van der Waals surface area contributed by atoms with Crippen LogP contribution >= 0.6 is 0 Å². The summed E-state index contributed by atoms with van der Waals surface area (Å²) in [7, 11) is 0. The fraction of sp³-hybridized carbons (Fsp3) is 0.391. The minimum atomic E-state index is -0.368. The molecule has 160 valence electrons. The molecular formula is C23H31FN4O2+2. The molecule has 1 heterocycles. The molecule has 0 bridgehead atoms. The molecule has 1 aliphatic rings. The summed E-state index contributed by atoms with van der Waals surface area (Å²) in [6, 6.07) is 15.5. The zero-order chi connectivity index (χ0) is 21.5. The van der Waals surface area contributed by atoms with E-state index in [0.29, 0.717) is 18.8 Å². The van der Waals surface area contributed by atoms with E-state index < -0.39 is 0 Å². The minimum Gasteiger partial charge on any atom is -0.321 e. The maximum absolute atomic E-state index is 13.3. The molecule has 0 aliphatic carbocycles. The van der Waals surface area contributed by atoms with Gasteiger partial charge in [0.15, 0.2) is 12.6 Å². The Hall–Kier alpha value is -2.77. The monoisotopic (exact) mass is 414 g/mol. The van der Waals surface area contributed by atoms with Crippen LogP contribution in [-0.4, -0.2) is 57.1 Å². The van der Waals surface area contributed by atoms with Crippen molar-refractivity contribution in [2.24, 2.45) is 0 Å². The van der Waals surface area contributed by atoms with Gasteiger partial charge in [-0.05, 0) is 44.2 Å². The molecule has 2 aromatic carbocycles. The second kappa shape index (κ2) is 10.3. The minimum absolute atomic E-state index is 0.121. The predicted octanol–water partition coefficient (Wildman–Crippen LogP) is -0.0108. The number of nitrogens with zero attached hydrogens (tertiary/aromatic N) is 1. The molecule has 6 nitrogen and oxygen atoms in total. The quantitative estimate of drug-likeness (QED) is 0.597. The Morgan fingerprint density at radius 3 is 2.40 bits per heavy atom. The average molecular weight is 415 g/mol. The van der Waals surface area contributed by atoms with E-state index in [1.54, 1.807) is 12.1 Å². The van der Waals surface area contributed by atoms with Gasteiger partial charge >= 0.3 is 0 Å². The number of amides is 2. The number of hydrogen-bond donors (Lipinski definition) is 3. The molecule has 1 aliphatic heterocycles.